The van der Waals surface area contributed by atoms with Crippen molar-refractivity contribution >= 4 is 75.2 Å². The first-order valence-corrected chi connectivity index (χ1v) is 21.7. The zero-order valence-corrected chi connectivity index (χ0v) is 29.4. The van der Waals surface area contributed by atoms with E-state index in [1.807, 2.05) is 0 Å². The highest BCUT2D eigenvalue weighted by molar-refractivity contribution is 8.30. The van der Waals surface area contributed by atoms with Crippen molar-refractivity contribution in [3.63, 3.8) is 0 Å². The molecular formula is C41H31P3S2. The molecule has 0 spiro atoms. The van der Waals surface area contributed by atoms with Crippen LogP contribution in [0.1, 0.15) is 0 Å². The van der Waals surface area contributed by atoms with Crippen molar-refractivity contribution in [2.75, 3.05) is 0 Å². The second kappa shape index (κ2) is 13.6. The minimum atomic E-state index is -2.52. The summed E-state index contributed by atoms with van der Waals surface area (Å²) in [6, 6.07) is 61.9. The van der Waals surface area contributed by atoms with Crippen LogP contribution in [-0.2, 0) is 23.6 Å². The molecule has 0 N–H and O–H groups in total. The highest BCUT2D eigenvalue weighted by Crippen LogP contribution is 2.54. The van der Waals surface area contributed by atoms with Gasteiger partial charge < -0.3 is 0 Å². The Bertz CT molecular complexity index is 1930. The molecule has 6 aromatic carbocycles. The molecule has 0 saturated heterocycles. The van der Waals surface area contributed by atoms with Crippen LogP contribution in [0.5, 0.6) is 0 Å². The van der Waals surface area contributed by atoms with Crippen molar-refractivity contribution in [2.24, 2.45) is 0 Å². The molecule has 5 heteroatoms. The van der Waals surface area contributed by atoms with Crippen molar-refractivity contribution in [1.29, 1.82) is 0 Å². The summed E-state index contributed by atoms with van der Waals surface area (Å²) < 4.78 is 0. The molecule has 0 radical (unpaired) electrons. The van der Waals surface area contributed by atoms with E-state index >= 15 is 0 Å². The second-order valence-corrected chi connectivity index (χ2v) is 21.5. The number of rotatable bonds is 8. The Morgan fingerprint density at radius 2 is 0.565 bits per heavy atom. The molecule has 0 amide bonds. The second-order valence-electron chi connectivity index (χ2n) is 11.0. The van der Waals surface area contributed by atoms with Gasteiger partial charge in [-0.15, -0.1) is 0 Å². The van der Waals surface area contributed by atoms with Gasteiger partial charge >= 0.3 is 0 Å². The Balaban J connectivity index is 1.68. The van der Waals surface area contributed by atoms with Gasteiger partial charge in [-0.3, -0.25) is 0 Å². The summed E-state index contributed by atoms with van der Waals surface area (Å²) in [5.41, 5.74) is 4.74. The SMILES string of the molecule is S=P(c1ccccc1)(c1ccccc1)c1pc(P(=S)(c2ccccc2)c2ccccc2)c(-c2ccccc2)cc1-c1ccccc1. The van der Waals surface area contributed by atoms with Crippen molar-refractivity contribution in [1.82, 2.24) is 0 Å². The van der Waals surface area contributed by atoms with Crippen LogP contribution in [0.15, 0.2) is 188 Å². The highest BCUT2D eigenvalue weighted by atomic mass is 32.4. The van der Waals surface area contributed by atoms with Gasteiger partial charge in [0.2, 0.25) is 0 Å². The van der Waals surface area contributed by atoms with Gasteiger partial charge in [-0.2, -0.15) is 0 Å². The predicted molar refractivity (Wildman–Crippen MR) is 212 cm³/mol. The normalized spacial score (nSPS) is 11.7. The molecule has 1 aromatic heterocycles. The molecule has 0 aliphatic rings. The van der Waals surface area contributed by atoms with Gasteiger partial charge in [0.15, 0.2) is 0 Å². The summed E-state index contributed by atoms with van der Waals surface area (Å²) in [4.78, 5) is 0. The third kappa shape index (κ3) is 5.71. The van der Waals surface area contributed by atoms with Crippen LogP contribution in [0.25, 0.3) is 22.3 Å². The molecule has 1 heterocycles. The van der Waals surface area contributed by atoms with Crippen LogP contribution in [0.2, 0.25) is 0 Å². The molecule has 7 aromatic rings. The van der Waals surface area contributed by atoms with Gasteiger partial charge in [0.05, 0.1) is 0 Å². The first-order chi connectivity index (χ1) is 22.6. The monoisotopic (exact) mass is 680 g/mol. The van der Waals surface area contributed by atoms with E-state index in [1.54, 1.807) is 0 Å². The van der Waals surface area contributed by atoms with E-state index in [1.165, 1.54) is 53.5 Å². The molecular weight excluding hydrogens is 650 g/mol. The first-order valence-electron chi connectivity index (χ1n) is 15.2. The third-order valence-electron chi connectivity index (χ3n) is 8.23. The van der Waals surface area contributed by atoms with Gasteiger partial charge in [-0.25, -0.2) is 0 Å². The summed E-state index contributed by atoms with van der Waals surface area (Å²) >= 11 is 14.2. The highest BCUT2D eigenvalue weighted by Gasteiger charge is 2.34. The van der Waals surface area contributed by atoms with E-state index < -0.39 is 12.1 Å². The van der Waals surface area contributed by atoms with E-state index in [2.05, 4.69) is 188 Å². The van der Waals surface area contributed by atoms with E-state index in [0.29, 0.717) is 0 Å². The molecule has 0 nitrogen and oxygen atoms in total. The summed E-state index contributed by atoms with van der Waals surface area (Å²) in [6.45, 7) is 0. The molecule has 7 rings (SSSR count). The largest absolute Gasteiger partial charge is 0.0822 e. The maximum Gasteiger partial charge on any atom is 0.0429 e. The van der Waals surface area contributed by atoms with Crippen molar-refractivity contribution in [3.05, 3.63) is 188 Å². The first kappa shape index (κ1) is 30.9. The number of hydrogen-bond donors (Lipinski definition) is 0. The topological polar surface area (TPSA) is 0 Å². The Kier molecular flexibility index (Phi) is 9.10. The van der Waals surface area contributed by atoms with E-state index in [0.717, 1.165) is 8.19 Å². The van der Waals surface area contributed by atoms with Crippen LogP contribution in [0.4, 0.5) is 0 Å². The average Bonchev–Trinajstić information content (AvgIpc) is 3.16. The van der Waals surface area contributed by atoms with Crippen LogP contribution >= 0.6 is 20.3 Å². The summed E-state index contributed by atoms with van der Waals surface area (Å²) in [5.74, 6) is 0. The third-order valence-corrected chi connectivity index (χ3v) is 21.7. The molecule has 0 fully saturated rings. The van der Waals surface area contributed by atoms with E-state index in [4.69, 9.17) is 23.6 Å². The molecule has 222 valence electrons. The lowest BCUT2D eigenvalue weighted by molar-refractivity contribution is 1.65. The molecule has 0 aliphatic heterocycles. The number of benzene rings is 6. The van der Waals surface area contributed by atoms with Crippen molar-refractivity contribution in [2.45, 2.75) is 0 Å². The van der Waals surface area contributed by atoms with Gasteiger partial charge in [-0.05, 0) is 49.5 Å². The van der Waals surface area contributed by atoms with E-state index in [-0.39, 0.29) is 0 Å². The van der Waals surface area contributed by atoms with Crippen LogP contribution in [-0.4, -0.2) is 0 Å². The van der Waals surface area contributed by atoms with Gasteiger partial charge in [0.1, 0.15) is 0 Å². The maximum atomic E-state index is 7.08. The van der Waals surface area contributed by atoms with Crippen LogP contribution in [0, 0.1) is 0 Å². The Morgan fingerprint density at radius 1 is 0.326 bits per heavy atom. The molecule has 0 saturated carbocycles. The zero-order chi connectivity index (χ0) is 31.4. The fourth-order valence-electron chi connectivity index (χ4n) is 5.97. The quantitative estimate of drug-likeness (QED) is 0.147. The summed E-state index contributed by atoms with van der Waals surface area (Å²) in [5, 5.41) is 7.29. The summed E-state index contributed by atoms with van der Waals surface area (Å²) in [7, 11) is 1.08. The molecule has 0 atom stereocenters. The van der Waals surface area contributed by atoms with Crippen LogP contribution < -0.4 is 31.3 Å². The maximum absolute atomic E-state index is 7.08. The fourth-order valence-corrected chi connectivity index (χ4v) is 17.9. The lowest BCUT2D eigenvalue weighted by atomic mass is 10.0. The standard InChI is InChI=1S/C41H31P3S2/c45-43(34-23-11-3-12-24-34,35-25-13-4-14-26-35)40-38(32-19-7-1-8-20-32)31-39(33-21-9-2-10-22-33)41(42-40)44(46,36-27-15-5-16-28-36)37-29-17-6-18-30-37/h1-31H. The Hall–Kier alpha value is -3.73. The lowest BCUT2D eigenvalue weighted by Crippen LogP contribution is -2.29. The van der Waals surface area contributed by atoms with Crippen LogP contribution in [0.3, 0.4) is 0 Å². The zero-order valence-electron chi connectivity index (χ0n) is 25.1. The summed E-state index contributed by atoms with van der Waals surface area (Å²) in [6.07, 6.45) is 0. The Morgan fingerprint density at radius 3 is 0.826 bits per heavy atom. The lowest BCUT2D eigenvalue weighted by Gasteiger charge is -2.31. The van der Waals surface area contributed by atoms with Crippen molar-refractivity contribution in [3.8, 4) is 22.3 Å². The van der Waals surface area contributed by atoms with Gasteiger partial charge in [0, 0.05) is 22.1 Å². The molecule has 0 bridgehead atoms. The van der Waals surface area contributed by atoms with E-state index in [9.17, 15) is 0 Å². The average molecular weight is 681 g/mol. The molecule has 0 aliphatic carbocycles. The minimum absolute atomic E-state index is 1.08. The van der Waals surface area contributed by atoms with Gasteiger partial charge in [0.25, 0.3) is 0 Å². The fraction of sp³-hybridized carbons (Fsp3) is 0. The predicted octanol–water partition coefficient (Wildman–Crippen LogP) is 9.11. The van der Waals surface area contributed by atoms with Gasteiger partial charge in [-0.1, -0.05) is 214 Å². The smallest absolute Gasteiger partial charge is 0.0429 e. The number of hydrogen-bond acceptors (Lipinski definition) is 2. The van der Waals surface area contributed by atoms with Crippen molar-refractivity contribution < 1.29 is 0 Å². The molecule has 0 unspecified atom stereocenters. The minimum Gasteiger partial charge on any atom is -0.0822 e. The molecule has 46 heavy (non-hydrogen) atoms. The Labute approximate surface area is 284 Å².